The highest BCUT2D eigenvalue weighted by Gasteiger charge is 2.77. The Morgan fingerprint density at radius 1 is 1.18 bits per heavy atom. The van der Waals surface area contributed by atoms with Crippen LogP contribution in [0.5, 0.6) is 0 Å². The zero-order chi connectivity index (χ0) is 14.7. The van der Waals surface area contributed by atoms with E-state index in [-0.39, 0.29) is 5.41 Å². The normalized spacial score (nSPS) is 46.0. The second kappa shape index (κ2) is 3.44. The number of carbonyl (C=O) groups excluding carboxylic acids is 1. The highest BCUT2D eigenvalue weighted by molar-refractivity contribution is 6.00. The van der Waals surface area contributed by atoms with Gasteiger partial charge in [-0.1, -0.05) is 17.7 Å². The van der Waals surface area contributed by atoms with Gasteiger partial charge in [0.05, 0.1) is 5.41 Å². The minimum absolute atomic E-state index is 0.0169. The van der Waals surface area contributed by atoms with E-state index in [2.05, 4.69) is 30.0 Å². The number of carbonyl (C=O) groups is 1. The van der Waals surface area contributed by atoms with Crippen LogP contribution in [-0.4, -0.2) is 12.5 Å². The number of fused-ring (bicyclic) bond motifs is 2. The number of aryl methyl sites for hydroxylation is 1. The number of hydrogen-bond acceptors (Lipinski definition) is 1. The predicted octanol–water partition coefficient (Wildman–Crippen LogP) is 3.71. The molecule has 5 unspecified atom stereocenters. The summed E-state index contributed by atoms with van der Waals surface area (Å²) in [5.74, 6) is 3.17. The Labute approximate surface area is 131 Å². The van der Waals surface area contributed by atoms with Crippen LogP contribution < -0.4 is 4.90 Å². The van der Waals surface area contributed by atoms with Crippen molar-refractivity contribution in [3.8, 4) is 0 Å². The van der Waals surface area contributed by atoms with Gasteiger partial charge in [0.15, 0.2) is 0 Å². The van der Waals surface area contributed by atoms with Crippen molar-refractivity contribution in [3.05, 3.63) is 29.3 Å². The summed E-state index contributed by atoms with van der Waals surface area (Å²) in [6.45, 7) is 3.05. The largest absolute Gasteiger partial charge is 0.311 e. The zero-order valence-electron chi connectivity index (χ0n) is 13.3. The Morgan fingerprint density at radius 3 is 3.00 bits per heavy atom. The van der Waals surface area contributed by atoms with E-state index in [4.69, 9.17) is 0 Å². The fourth-order valence-electron chi connectivity index (χ4n) is 6.99. The summed E-state index contributed by atoms with van der Waals surface area (Å²) in [6.07, 6.45) is 7.55. The number of rotatable bonds is 1. The maximum atomic E-state index is 13.5. The summed E-state index contributed by atoms with van der Waals surface area (Å²) in [4.78, 5) is 15.6. The molecule has 5 aliphatic rings. The second-order valence-electron chi connectivity index (χ2n) is 8.94. The predicted molar refractivity (Wildman–Crippen MR) is 85.7 cm³/mol. The van der Waals surface area contributed by atoms with Crippen LogP contribution in [0.3, 0.4) is 0 Å². The lowest BCUT2D eigenvalue weighted by molar-refractivity contribution is -0.129. The standard InChI is InChI=1S/C20H23NO/c1-12-2-3-17-13(6-12)4-5-21(17)18(22)19-7-14-8-20(16(14)11-19)10-15(20)9-19/h2-3,6,14-16H,4-5,7-11H2,1H3. The number of benzene rings is 1. The molecular formula is C20H23NO. The molecule has 0 aromatic heterocycles. The highest BCUT2D eigenvalue weighted by Crippen LogP contribution is 2.83. The second-order valence-corrected chi connectivity index (χ2v) is 8.94. The first kappa shape index (κ1) is 12.2. The average Bonchev–Trinajstić information content (AvgIpc) is 3.01. The van der Waals surface area contributed by atoms with Gasteiger partial charge in [0.25, 0.3) is 0 Å². The topological polar surface area (TPSA) is 20.3 Å². The lowest BCUT2D eigenvalue weighted by atomic mass is 9.60. The highest BCUT2D eigenvalue weighted by atomic mass is 16.2. The molecule has 2 bridgehead atoms. The SMILES string of the molecule is Cc1ccc2c(c1)CCN2C(=O)C12CC3CC4(CC4C1)C3C2. The number of amides is 1. The summed E-state index contributed by atoms with van der Waals surface area (Å²) in [6, 6.07) is 6.61. The van der Waals surface area contributed by atoms with Gasteiger partial charge in [-0.3, -0.25) is 4.79 Å². The van der Waals surface area contributed by atoms with Gasteiger partial charge >= 0.3 is 0 Å². The maximum Gasteiger partial charge on any atom is 0.233 e. The van der Waals surface area contributed by atoms with E-state index in [0.29, 0.717) is 5.91 Å². The molecule has 1 amide bonds. The number of hydrogen-bond donors (Lipinski definition) is 0. The van der Waals surface area contributed by atoms with Crippen LogP contribution >= 0.6 is 0 Å². The quantitative estimate of drug-likeness (QED) is 0.773. The molecule has 114 valence electrons. The summed E-state index contributed by atoms with van der Waals surface area (Å²) in [5.41, 5.74) is 4.65. The molecule has 5 atom stereocenters. The van der Waals surface area contributed by atoms with Crippen molar-refractivity contribution in [3.63, 3.8) is 0 Å². The number of nitrogens with zero attached hydrogens (tertiary/aromatic N) is 1. The van der Waals surface area contributed by atoms with Gasteiger partial charge in [-0.15, -0.1) is 0 Å². The van der Waals surface area contributed by atoms with Gasteiger partial charge in [0, 0.05) is 12.2 Å². The van der Waals surface area contributed by atoms with E-state index in [1.807, 2.05) is 0 Å². The van der Waals surface area contributed by atoms with Crippen LogP contribution in [0, 0.1) is 35.5 Å². The first-order valence-electron chi connectivity index (χ1n) is 9.03. The van der Waals surface area contributed by atoms with Gasteiger partial charge in [-0.2, -0.15) is 0 Å². The summed E-state index contributed by atoms with van der Waals surface area (Å²) in [5, 5.41) is 0. The van der Waals surface area contributed by atoms with Crippen molar-refractivity contribution in [1.29, 1.82) is 0 Å². The van der Waals surface area contributed by atoms with Crippen molar-refractivity contribution in [2.24, 2.45) is 28.6 Å². The average molecular weight is 293 g/mol. The van der Waals surface area contributed by atoms with Crippen molar-refractivity contribution < 1.29 is 4.79 Å². The van der Waals surface area contributed by atoms with Crippen molar-refractivity contribution >= 4 is 11.6 Å². The molecule has 1 aromatic carbocycles. The van der Waals surface area contributed by atoms with Gasteiger partial charge in [-0.25, -0.2) is 0 Å². The molecule has 4 saturated carbocycles. The molecule has 6 rings (SSSR count). The van der Waals surface area contributed by atoms with Crippen LogP contribution in [0.25, 0.3) is 0 Å². The Balaban J connectivity index is 1.37. The van der Waals surface area contributed by atoms with Crippen LogP contribution in [-0.2, 0) is 11.2 Å². The Morgan fingerprint density at radius 2 is 2.09 bits per heavy atom. The molecule has 0 saturated heterocycles. The Hall–Kier alpha value is -1.31. The van der Waals surface area contributed by atoms with Gasteiger partial charge < -0.3 is 4.90 Å². The van der Waals surface area contributed by atoms with Gasteiger partial charge in [0.2, 0.25) is 5.91 Å². The van der Waals surface area contributed by atoms with Crippen molar-refractivity contribution in [2.75, 3.05) is 11.4 Å². The molecule has 2 heteroatoms. The van der Waals surface area contributed by atoms with Crippen LogP contribution in [0.15, 0.2) is 18.2 Å². The molecule has 1 aliphatic heterocycles. The summed E-state index contributed by atoms with van der Waals surface area (Å²) < 4.78 is 0. The smallest absolute Gasteiger partial charge is 0.233 e. The third-order valence-electron chi connectivity index (χ3n) is 7.96. The lowest BCUT2D eigenvalue weighted by Crippen LogP contribution is -2.44. The summed E-state index contributed by atoms with van der Waals surface area (Å²) in [7, 11) is 0. The van der Waals surface area contributed by atoms with Crippen molar-refractivity contribution in [1.82, 2.24) is 0 Å². The molecule has 4 fully saturated rings. The van der Waals surface area contributed by atoms with E-state index in [1.54, 1.807) is 0 Å². The first-order chi connectivity index (χ1) is 10.6. The molecule has 2 nitrogen and oxygen atoms in total. The Kier molecular flexibility index (Phi) is 1.90. The van der Waals surface area contributed by atoms with Crippen molar-refractivity contribution in [2.45, 2.75) is 45.4 Å². The van der Waals surface area contributed by atoms with E-state index >= 15 is 0 Å². The monoisotopic (exact) mass is 293 g/mol. The first-order valence-corrected chi connectivity index (χ1v) is 9.03. The van der Waals surface area contributed by atoms with E-state index < -0.39 is 0 Å². The molecule has 4 aliphatic carbocycles. The van der Waals surface area contributed by atoms with Gasteiger partial charge in [0.1, 0.15) is 0 Å². The van der Waals surface area contributed by atoms with Crippen LogP contribution in [0.2, 0.25) is 0 Å². The van der Waals surface area contributed by atoms with E-state index in [0.717, 1.165) is 36.1 Å². The van der Waals surface area contributed by atoms with Crippen LogP contribution in [0.1, 0.15) is 43.2 Å². The molecular weight excluding hydrogens is 270 g/mol. The Bertz CT molecular complexity index is 720. The third-order valence-corrected chi connectivity index (χ3v) is 7.96. The fraction of sp³-hybridized carbons (Fsp3) is 0.650. The van der Waals surface area contributed by atoms with Crippen LogP contribution in [0.4, 0.5) is 5.69 Å². The van der Waals surface area contributed by atoms with Gasteiger partial charge in [-0.05, 0) is 80.2 Å². The van der Waals surface area contributed by atoms with E-state index in [9.17, 15) is 4.79 Å². The molecule has 0 N–H and O–H groups in total. The zero-order valence-corrected chi connectivity index (χ0v) is 13.3. The lowest BCUT2D eigenvalue weighted by Gasteiger charge is -2.44. The minimum Gasteiger partial charge on any atom is -0.311 e. The molecule has 1 aromatic rings. The molecule has 1 spiro atoms. The minimum atomic E-state index is 0.0169. The number of anilines is 1. The fourth-order valence-corrected chi connectivity index (χ4v) is 6.99. The third kappa shape index (κ3) is 1.20. The molecule has 22 heavy (non-hydrogen) atoms. The van der Waals surface area contributed by atoms with E-state index in [1.165, 1.54) is 48.9 Å². The summed E-state index contributed by atoms with van der Waals surface area (Å²) >= 11 is 0. The maximum absolute atomic E-state index is 13.5. The molecule has 0 radical (unpaired) electrons. The molecule has 1 heterocycles.